The number of rotatable bonds is 0. The van der Waals surface area contributed by atoms with E-state index in [1.54, 1.807) is 0 Å². The third-order valence-electron chi connectivity index (χ3n) is 0.442. The molecule has 0 amide bonds. The van der Waals surface area contributed by atoms with Crippen molar-refractivity contribution in [2.24, 2.45) is 0 Å². The molecule has 0 spiro atoms. The minimum Gasteiger partial charge on any atom is -0.484 e. The van der Waals surface area contributed by atoms with Crippen molar-refractivity contribution in [3.8, 4) is 0 Å². The average Bonchev–Trinajstić information content (AvgIpc) is 1.76. The average molecular weight is 268 g/mol. The second-order valence-electron chi connectivity index (χ2n) is 0.814. The quantitative estimate of drug-likeness (QED) is 0.529. The van der Waals surface area contributed by atoms with E-state index in [1.807, 2.05) is 18.3 Å². The fourth-order valence-electron chi connectivity index (χ4n) is 0.241. The van der Waals surface area contributed by atoms with Gasteiger partial charge in [0.1, 0.15) is 0 Å². The molecule has 1 radical (unpaired) electrons. The van der Waals surface area contributed by atoms with Crippen molar-refractivity contribution in [3.05, 3.63) is 24.5 Å². The number of H-pyrrole nitrogens is 1. The van der Waals surface area contributed by atoms with Crippen molar-refractivity contribution in [3.63, 3.8) is 0 Å². The zero-order valence-electron chi connectivity index (χ0n) is 3.44. The van der Waals surface area contributed by atoms with Crippen LogP contribution in [0.15, 0.2) is 18.3 Å². The van der Waals surface area contributed by atoms with Crippen LogP contribution in [-0.4, -0.2) is 4.98 Å². The molecule has 1 aromatic heterocycles. The second-order valence-corrected chi connectivity index (χ2v) is 0.814. The van der Waals surface area contributed by atoms with Crippen molar-refractivity contribution in [1.29, 1.82) is 0 Å². The fraction of sp³-hybridized carbons (Fsp3) is 0. The van der Waals surface area contributed by atoms with Crippen LogP contribution in [0.25, 0.3) is 0 Å². The topological polar surface area (TPSA) is 15.8 Å². The molecule has 0 aliphatic heterocycles. The van der Waals surface area contributed by atoms with Gasteiger partial charge in [0.2, 0.25) is 0 Å². The summed E-state index contributed by atoms with van der Waals surface area (Å²) >= 11 is 0. The molecule has 0 aliphatic rings. The van der Waals surface area contributed by atoms with Gasteiger partial charge in [0.25, 0.3) is 0 Å². The molecule has 0 unspecified atom stereocenters. The van der Waals surface area contributed by atoms with Crippen LogP contribution < -0.4 is 0 Å². The van der Waals surface area contributed by atoms with Crippen LogP contribution in [0, 0.1) is 6.20 Å². The molecule has 0 fully saturated rings. The summed E-state index contributed by atoms with van der Waals surface area (Å²) < 4.78 is 0. The van der Waals surface area contributed by atoms with Crippen LogP contribution in [0.2, 0.25) is 0 Å². The maximum Gasteiger partial charge on any atom is 1.00 e. The van der Waals surface area contributed by atoms with Gasteiger partial charge in [0, 0.05) is 19.5 Å². The summed E-state index contributed by atoms with van der Waals surface area (Å²) in [6, 6.07) is 3.71. The van der Waals surface area contributed by atoms with Gasteiger partial charge in [-0.15, -0.1) is 6.20 Å². The summed E-state index contributed by atoms with van der Waals surface area (Å²) in [7, 11) is 0. The SMILES string of the molecule is [Ru+].[Ru].[c-]1ccc[nH]1. The van der Waals surface area contributed by atoms with E-state index >= 15 is 0 Å². The van der Waals surface area contributed by atoms with Gasteiger partial charge in [-0.05, 0) is 0 Å². The van der Waals surface area contributed by atoms with Gasteiger partial charge in [-0.1, -0.05) is 0 Å². The first-order chi connectivity index (χ1) is 2.50. The summed E-state index contributed by atoms with van der Waals surface area (Å²) in [6.45, 7) is 0. The van der Waals surface area contributed by atoms with E-state index in [1.165, 1.54) is 0 Å². The smallest absolute Gasteiger partial charge is 0.484 e. The molecule has 0 atom stereocenters. The molecule has 0 saturated carbocycles. The number of aromatic amines is 1. The number of hydrogen-bond acceptors (Lipinski definition) is 0. The van der Waals surface area contributed by atoms with Crippen LogP contribution in [0.3, 0.4) is 0 Å². The van der Waals surface area contributed by atoms with E-state index < -0.39 is 0 Å². The Balaban J connectivity index is 0. The van der Waals surface area contributed by atoms with Gasteiger partial charge >= 0.3 is 19.5 Å². The van der Waals surface area contributed by atoms with E-state index in [4.69, 9.17) is 0 Å². The molecule has 1 heterocycles. The largest absolute Gasteiger partial charge is 1.00 e. The van der Waals surface area contributed by atoms with Gasteiger partial charge in [0.15, 0.2) is 0 Å². The van der Waals surface area contributed by atoms with Crippen LogP contribution >= 0.6 is 0 Å². The number of aromatic nitrogens is 1. The van der Waals surface area contributed by atoms with Crippen molar-refractivity contribution in [1.82, 2.24) is 4.98 Å². The third kappa shape index (κ3) is 4.38. The van der Waals surface area contributed by atoms with Crippen LogP contribution in [-0.2, 0) is 39.0 Å². The Bertz CT molecular complexity index is 66.2. The van der Waals surface area contributed by atoms with Gasteiger partial charge in [-0.2, -0.15) is 18.3 Å². The van der Waals surface area contributed by atoms with Gasteiger partial charge in [-0.3, -0.25) is 0 Å². The van der Waals surface area contributed by atoms with Crippen molar-refractivity contribution >= 4 is 0 Å². The van der Waals surface area contributed by atoms with E-state index in [0.29, 0.717) is 0 Å². The van der Waals surface area contributed by atoms with E-state index in [2.05, 4.69) is 11.2 Å². The molecule has 0 aromatic carbocycles. The van der Waals surface area contributed by atoms with Crippen LogP contribution in [0.4, 0.5) is 0 Å². The standard InChI is InChI=1S/C4H4N.2Ru/c1-2-4-5-3-1;;/h1-3,5H;;/q-1;;+1. The predicted molar refractivity (Wildman–Crippen MR) is 19.6 cm³/mol. The molecule has 1 aromatic rings. The Hall–Kier alpha value is 0.527. The molecule has 1 rings (SSSR count). The second kappa shape index (κ2) is 6.53. The first kappa shape index (κ1) is 10.5. The number of nitrogens with one attached hydrogen (secondary N) is 1. The Morgan fingerprint density at radius 3 is 2.29 bits per heavy atom. The Morgan fingerprint density at radius 1 is 1.43 bits per heavy atom. The van der Waals surface area contributed by atoms with Crippen molar-refractivity contribution in [2.75, 3.05) is 0 Å². The summed E-state index contributed by atoms with van der Waals surface area (Å²) in [5.74, 6) is 0. The predicted octanol–water partition coefficient (Wildman–Crippen LogP) is 0.810. The van der Waals surface area contributed by atoms with Crippen LogP contribution in [0.5, 0.6) is 0 Å². The minimum absolute atomic E-state index is 0. The molecular formula is C4H4NRu2. The molecule has 41 valence electrons. The van der Waals surface area contributed by atoms with Crippen LogP contribution in [0.1, 0.15) is 0 Å². The minimum atomic E-state index is 0. The Kier molecular flexibility index (Phi) is 9.79. The first-order valence-electron chi connectivity index (χ1n) is 1.49. The Labute approximate surface area is 68.4 Å². The summed E-state index contributed by atoms with van der Waals surface area (Å²) in [5, 5.41) is 0. The molecule has 1 N–H and O–H groups in total. The van der Waals surface area contributed by atoms with Gasteiger partial charge < -0.3 is 4.98 Å². The van der Waals surface area contributed by atoms with E-state index in [9.17, 15) is 0 Å². The van der Waals surface area contributed by atoms with E-state index in [-0.39, 0.29) is 39.0 Å². The van der Waals surface area contributed by atoms with Gasteiger partial charge in [0.05, 0.1) is 0 Å². The zero-order valence-corrected chi connectivity index (χ0v) is 6.92. The Morgan fingerprint density at radius 2 is 2.14 bits per heavy atom. The number of hydrogen-bond donors (Lipinski definition) is 1. The summed E-state index contributed by atoms with van der Waals surface area (Å²) in [4.78, 5) is 2.74. The van der Waals surface area contributed by atoms with Gasteiger partial charge in [-0.25, -0.2) is 0 Å². The zero-order chi connectivity index (χ0) is 3.54. The maximum absolute atomic E-state index is 2.74. The molecule has 0 bridgehead atoms. The molecule has 3 heteroatoms. The third-order valence-corrected chi connectivity index (χ3v) is 0.442. The fourth-order valence-corrected chi connectivity index (χ4v) is 0.241. The summed E-state index contributed by atoms with van der Waals surface area (Å²) in [5.41, 5.74) is 0. The monoisotopic (exact) mass is 270 g/mol. The molecule has 0 saturated heterocycles. The molecular weight excluding hydrogens is 264 g/mol. The molecule has 7 heavy (non-hydrogen) atoms. The maximum atomic E-state index is 2.74. The van der Waals surface area contributed by atoms with E-state index in [0.717, 1.165) is 0 Å². The van der Waals surface area contributed by atoms with Crippen molar-refractivity contribution < 1.29 is 39.0 Å². The summed E-state index contributed by atoms with van der Waals surface area (Å²) in [6.07, 6.45) is 4.56. The molecule has 0 aliphatic carbocycles. The van der Waals surface area contributed by atoms with Crippen molar-refractivity contribution in [2.45, 2.75) is 0 Å². The first-order valence-corrected chi connectivity index (χ1v) is 1.49. The normalized spacial score (nSPS) is 5.71. The molecule has 1 nitrogen and oxygen atoms in total.